The number of non-ortho nitro benzene ring substituents is 2. The van der Waals surface area contributed by atoms with Crippen molar-refractivity contribution in [1.82, 2.24) is 0 Å². The first-order valence-corrected chi connectivity index (χ1v) is 14.7. The lowest BCUT2D eigenvalue weighted by Gasteiger charge is -2.47. The first kappa shape index (κ1) is 34.0. The Labute approximate surface area is 249 Å². The van der Waals surface area contributed by atoms with E-state index in [9.17, 15) is 40.0 Å². The number of hydrogen-bond donors (Lipinski definition) is 2. The summed E-state index contributed by atoms with van der Waals surface area (Å²) in [7, 11) is 0. The number of alkyl halides is 2. The van der Waals surface area contributed by atoms with Gasteiger partial charge in [-0.1, -0.05) is 62.8 Å². The molecule has 0 bridgehead atoms. The lowest BCUT2D eigenvalue weighted by molar-refractivity contribution is -0.385. The highest BCUT2D eigenvalue weighted by molar-refractivity contribution is 6.18. The maximum Gasteiger partial charge on any atom is 0.322 e. The van der Waals surface area contributed by atoms with Crippen LogP contribution in [0.4, 0.5) is 11.4 Å². The van der Waals surface area contributed by atoms with E-state index in [4.69, 9.17) is 23.2 Å². The van der Waals surface area contributed by atoms with Gasteiger partial charge in [0.15, 0.2) is 5.41 Å². The van der Waals surface area contributed by atoms with Crippen LogP contribution in [-0.2, 0) is 21.4 Å². The van der Waals surface area contributed by atoms with Crippen LogP contribution in [0.2, 0.25) is 0 Å². The van der Waals surface area contributed by atoms with Crippen molar-refractivity contribution in [3.05, 3.63) is 79.9 Å². The number of hydrogen-bond acceptors (Lipinski definition) is 6. The van der Waals surface area contributed by atoms with Crippen LogP contribution >= 0.6 is 23.2 Å². The molecule has 0 aliphatic carbocycles. The van der Waals surface area contributed by atoms with Gasteiger partial charge in [0.2, 0.25) is 0 Å². The van der Waals surface area contributed by atoms with Crippen molar-refractivity contribution in [3.8, 4) is 0 Å². The lowest BCUT2D eigenvalue weighted by atomic mass is 9.53. The van der Waals surface area contributed by atoms with Gasteiger partial charge in [0.1, 0.15) is 0 Å². The van der Waals surface area contributed by atoms with E-state index < -0.39 is 39.0 Å². The monoisotopic (exact) mass is 610 g/mol. The number of carbonyl (C=O) groups is 2. The molecule has 0 aliphatic heterocycles. The zero-order valence-electron chi connectivity index (χ0n) is 22.8. The molecule has 0 unspecified atom stereocenters. The molecule has 10 nitrogen and oxygen atoms in total. The number of nitro groups is 2. The molecule has 0 amide bonds. The maximum atomic E-state index is 13.3. The minimum absolute atomic E-state index is 0.196. The summed E-state index contributed by atoms with van der Waals surface area (Å²) in [4.78, 5) is 48.0. The Balaban J connectivity index is 2.76. The van der Waals surface area contributed by atoms with Crippen LogP contribution in [0.3, 0.4) is 0 Å². The van der Waals surface area contributed by atoms with Gasteiger partial charge >= 0.3 is 11.9 Å². The van der Waals surface area contributed by atoms with E-state index in [1.165, 1.54) is 48.5 Å². The largest absolute Gasteiger partial charge is 0.480 e. The Morgan fingerprint density at radius 2 is 1.05 bits per heavy atom. The number of carboxylic acid groups (broad SMARTS) is 2. The normalized spacial score (nSPS) is 11.8. The van der Waals surface area contributed by atoms with Crippen LogP contribution in [-0.4, -0.2) is 43.8 Å². The van der Waals surface area contributed by atoms with E-state index in [2.05, 4.69) is 0 Å². The summed E-state index contributed by atoms with van der Waals surface area (Å²) in [6, 6.07) is 10.7. The Morgan fingerprint density at radius 1 is 0.659 bits per heavy atom. The summed E-state index contributed by atoms with van der Waals surface area (Å²) in [6.07, 6.45) is 5.47. The third-order valence-corrected chi connectivity index (χ3v) is 8.30. The van der Waals surface area contributed by atoms with Crippen LogP contribution in [0.25, 0.3) is 0 Å². The highest BCUT2D eigenvalue weighted by atomic mass is 35.5. The Morgan fingerprint density at radius 3 is 1.41 bits per heavy atom. The maximum absolute atomic E-state index is 13.3. The molecule has 12 heteroatoms. The Hall–Kier alpha value is -3.24. The van der Waals surface area contributed by atoms with Crippen molar-refractivity contribution in [2.24, 2.45) is 5.41 Å². The molecule has 2 aromatic rings. The summed E-state index contributed by atoms with van der Waals surface area (Å²) in [5.74, 6) is -2.13. The molecular formula is C29H36Cl2N2O8. The Kier molecular flexibility index (Phi) is 13.5. The van der Waals surface area contributed by atoms with Gasteiger partial charge in [-0.25, -0.2) is 0 Å². The van der Waals surface area contributed by atoms with E-state index in [1.54, 1.807) is 0 Å². The third kappa shape index (κ3) is 8.39. The summed E-state index contributed by atoms with van der Waals surface area (Å²) in [5, 5.41) is 44.1. The highest BCUT2D eigenvalue weighted by Crippen LogP contribution is 2.52. The van der Waals surface area contributed by atoms with Gasteiger partial charge in [-0.3, -0.25) is 29.8 Å². The second kappa shape index (κ2) is 16.3. The number of halogens is 2. The van der Waals surface area contributed by atoms with Gasteiger partial charge in [0.25, 0.3) is 11.4 Å². The molecule has 0 aliphatic rings. The number of unbranched alkanes of at least 4 members (excludes halogenated alkanes) is 6. The van der Waals surface area contributed by atoms with Crippen LogP contribution < -0.4 is 0 Å². The molecule has 2 aromatic carbocycles. The first-order valence-electron chi connectivity index (χ1n) is 13.6. The van der Waals surface area contributed by atoms with Crippen molar-refractivity contribution >= 4 is 46.5 Å². The van der Waals surface area contributed by atoms with Crippen molar-refractivity contribution in [3.63, 3.8) is 0 Å². The minimum Gasteiger partial charge on any atom is -0.480 e. The fraction of sp³-hybridized carbons (Fsp3) is 0.517. The second-order valence-corrected chi connectivity index (χ2v) is 11.0. The quantitative estimate of drug-likeness (QED) is 0.0511. The molecule has 0 saturated carbocycles. The summed E-state index contributed by atoms with van der Waals surface area (Å²) in [6.45, 7) is 0. The number of nitrogens with zero attached hydrogens (tertiary/aromatic N) is 2. The number of nitro benzene ring substituents is 2. The van der Waals surface area contributed by atoms with Gasteiger partial charge in [0.05, 0.1) is 9.85 Å². The zero-order valence-corrected chi connectivity index (χ0v) is 24.3. The van der Waals surface area contributed by atoms with E-state index in [-0.39, 0.29) is 24.2 Å². The average Bonchev–Trinajstić information content (AvgIpc) is 2.94. The minimum atomic E-state index is -2.38. The predicted octanol–water partition coefficient (Wildman–Crippen LogP) is 7.52. The number of benzene rings is 2. The lowest BCUT2D eigenvalue weighted by Crippen LogP contribution is -2.57. The zero-order chi connectivity index (χ0) is 30.5. The van der Waals surface area contributed by atoms with Gasteiger partial charge in [0, 0.05) is 47.9 Å². The van der Waals surface area contributed by atoms with Crippen LogP contribution in [0, 0.1) is 25.6 Å². The molecule has 0 heterocycles. The molecule has 2 rings (SSSR count). The molecule has 0 saturated heterocycles. The molecule has 0 radical (unpaired) electrons. The average molecular weight is 612 g/mol. The fourth-order valence-corrected chi connectivity index (χ4v) is 5.98. The van der Waals surface area contributed by atoms with Gasteiger partial charge in [-0.2, -0.15) is 0 Å². The Bertz CT molecular complexity index is 1140. The predicted molar refractivity (Wildman–Crippen MR) is 157 cm³/mol. The number of aliphatic carboxylic acids is 2. The summed E-state index contributed by atoms with van der Waals surface area (Å²) in [5.41, 5.74) is -3.52. The van der Waals surface area contributed by atoms with E-state index in [1.807, 2.05) is 0 Å². The molecule has 0 spiro atoms. The molecule has 41 heavy (non-hydrogen) atoms. The smallest absolute Gasteiger partial charge is 0.322 e. The topological polar surface area (TPSA) is 161 Å². The van der Waals surface area contributed by atoms with Gasteiger partial charge < -0.3 is 10.2 Å². The van der Waals surface area contributed by atoms with E-state index >= 15 is 0 Å². The highest BCUT2D eigenvalue weighted by Gasteiger charge is 2.62. The summed E-state index contributed by atoms with van der Waals surface area (Å²) >= 11 is 11.7. The fourth-order valence-electron chi connectivity index (χ4n) is 5.60. The van der Waals surface area contributed by atoms with Crippen molar-refractivity contribution < 1.29 is 29.6 Å². The van der Waals surface area contributed by atoms with Crippen molar-refractivity contribution in [1.29, 1.82) is 0 Å². The SMILES string of the molecule is O=C(O)C(Cc1ccc([N+](=O)[O-])cc1)(C(=O)O)C(CCCCCCCl)(CCCCCCCl)c1ccc([N+](=O)[O-])cc1. The van der Waals surface area contributed by atoms with Crippen LogP contribution in [0.5, 0.6) is 0 Å². The summed E-state index contributed by atoms with van der Waals surface area (Å²) < 4.78 is 0. The third-order valence-electron chi connectivity index (χ3n) is 7.77. The van der Waals surface area contributed by atoms with E-state index in [0.29, 0.717) is 48.6 Å². The number of carboxylic acids is 2. The van der Waals surface area contributed by atoms with Crippen molar-refractivity contribution in [2.75, 3.05) is 11.8 Å². The van der Waals surface area contributed by atoms with E-state index in [0.717, 1.165) is 25.7 Å². The molecule has 0 fully saturated rings. The van der Waals surface area contributed by atoms with Crippen molar-refractivity contribution in [2.45, 2.75) is 76.0 Å². The first-order chi connectivity index (χ1) is 19.6. The molecule has 0 aromatic heterocycles. The molecule has 2 N–H and O–H groups in total. The number of rotatable bonds is 20. The second-order valence-electron chi connectivity index (χ2n) is 10.2. The van der Waals surface area contributed by atoms with Gasteiger partial charge in [-0.05, 0) is 36.8 Å². The molecule has 224 valence electrons. The van der Waals surface area contributed by atoms with Gasteiger partial charge in [-0.15, -0.1) is 23.2 Å². The van der Waals surface area contributed by atoms with Crippen LogP contribution in [0.1, 0.15) is 75.3 Å². The standard InChI is InChI=1S/C29H36Cl2N2O8/c30-19-7-3-1-5-17-28(18-6-2-4-8-20-31,23-11-15-25(16-12-23)33(40)41)29(26(34)35,27(36)37)21-22-9-13-24(14-10-22)32(38)39/h9-16H,1-8,17-21H2,(H,34,35)(H,36,37). The molecular weight excluding hydrogens is 575 g/mol. The molecule has 0 atom stereocenters. The van der Waals surface area contributed by atoms with Crippen LogP contribution in [0.15, 0.2) is 48.5 Å².